The Morgan fingerprint density at radius 2 is 1.63 bits per heavy atom. The minimum Gasteiger partial charge on any atom is -0.435 e. The molecule has 0 fully saturated rings. The minimum absolute atomic E-state index is 0.0148. The first kappa shape index (κ1) is 20.8. The molecule has 0 saturated carbocycles. The first-order chi connectivity index (χ1) is 12.7. The Balaban J connectivity index is 1.96. The Kier molecular flexibility index (Phi) is 6.86. The molecule has 2 aromatic carbocycles. The molecule has 0 aliphatic carbocycles. The monoisotopic (exact) mass is 398 g/mol. The normalized spacial score (nSPS) is 11.6. The number of sulfonamides is 1. The lowest BCUT2D eigenvalue weighted by Gasteiger charge is -2.10. The molecular formula is C18H20F2N2O4S. The van der Waals surface area contributed by atoms with E-state index >= 15 is 0 Å². The Bertz CT molecular complexity index is 867. The summed E-state index contributed by atoms with van der Waals surface area (Å²) < 4.78 is 55.0. The molecule has 0 spiro atoms. The molecule has 27 heavy (non-hydrogen) atoms. The highest BCUT2D eigenvalue weighted by atomic mass is 32.2. The molecule has 0 unspecified atom stereocenters. The molecule has 2 N–H and O–H groups in total. The predicted molar refractivity (Wildman–Crippen MR) is 97.3 cm³/mol. The number of halogens is 2. The van der Waals surface area contributed by atoms with Crippen LogP contribution in [0.3, 0.4) is 0 Å². The zero-order valence-corrected chi connectivity index (χ0v) is 15.6. The lowest BCUT2D eigenvalue weighted by atomic mass is 10.1. The maximum atomic E-state index is 12.1. The fourth-order valence-electron chi connectivity index (χ4n) is 2.28. The van der Waals surface area contributed by atoms with Crippen LogP contribution in [0.4, 0.5) is 14.5 Å². The van der Waals surface area contributed by atoms with E-state index in [4.69, 9.17) is 0 Å². The zero-order chi connectivity index (χ0) is 20.0. The number of carbonyl (C=O) groups is 1. The average Bonchev–Trinajstić information content (AvgIpc) is 2.55. The first-order valence-electron chi connectivity index (χ1n) is 8.12. The van der Waals surface area contributed by atoms with E-state index in [9.17, 15) is 22.0 Å². The van der Waals surface area contributed by atoms with E-state index in [1.54, 1.807) is 13.8 Å². The summed E-state index contributed by atoms with van der Waals surface area (Å²) in [5, 5.41) is 2.65. The molecule has 0 aromatic heterocycles. The molecule has 0 saturated heterocycles. The highest BCUT2D eigenvalue weighted by Crippen LogP contribution is 2.17. The SMILES string of the molecule is CC(C)NS(=O)(=O)c1ccc(NC(=O)Cc2ccc(OC(F)F)cc2)cc1. The topological polar surface area (TPSA) is 84.5 Å². The molecule has 0 atom stereocenters. The minimum atomic E-state index is -3.59. The van der Waals surface area contributed by atoms with Crippen LogP contribution in [0.25, 0.3) is 0 Å². The summed E-state index contributed by atoms with van der Waals surface area (Å²) in [5.74, 6) is -0.311. The Hall–Kier alpha value is -2.52. The van der Waals surface area contributed by atoms with E-state index in [2.05, 4.69) is 14.8 Å². The zero-order valence-electron chi connectivity index (χ0n) is 14.8. The van der Waals surface area contributed by atoms with Gasteiger partial charge in [0.15, 0.2) is 0 Å². The van der Waals surface area contributed by atoms with Crippen molar-refractivity contribution in [1.29, 1.82) is 0 Å². The van der Waals surface area contributed by atoms with Crippen LogP contribution in [-0.4, -0.2) is 27.0 Å². The number of hydrogen-bond donors (Lipinski definition) is 2. The highest BCUT2D eigenvalue weighted by molar-refractivity contribution is 7.89. The Morgan fingerprint density at radius 3 is 2.15 bits per heavy atom. The number of amides is 1. The number of ether oxygens (including phenoxy) is 1. The molecule has 2 rings (SSSR count). The third kappa shape index (κ3) is 6.61. The van der Waals surface area contributed by atoms with Gasteiger partial charge >= 0.3 is 6.61 Å². The van der Waals surface area contributed by atoms with Gasteiger partial charge in [-0.1, -0.05) is 12.1 Å². The largest absolute Gasteiger partial charge is 0.435 e. The van der Waals surface area contributed by atoms with Gasteiger partial charge in [-0.2, -0.15) is 8.78 Å². The number of anilines is 1. The molecule has 0 bridgehead atoms. The van der Waals surface area contributed by atoms with Gasteiger partial charge in [0, 0.05) is 11.7 Å². The first-order valence-corrected chi connectivity index (χ1v) is 9.60. The summed E-state index contributed by atoms with van der Waals surface area (Å²) in [4.78, 5) is 12.2. The second-order valence-corrected chi connectivity index (χ2v) is 7.76. The van der Waals surface area contributed by atoms with Gasteiger partial charge in [-0.3, -0.25) is 4.79 Å². The molecule has 146 valence electrons. The van der Waals surface area contributed by atoms with Gasteiger partial charge in [-0.25, -0.2) is 13.1 Å². The third-order valence-corrected chi connectivity index (χ3v) is 5.03. The van der Waals surface area contributed by atoms with Crippen molar-refractivity contribution >= 4 is 21.6 Å². The van der Waals surface area contributed by atoms with Gasteiger partial charge < -0.3 is 10.1 Å². The van der Waals surface area contributed by atoms with Crippen molar-refractivity contribution in [2.75, 3.05) is 5.32 Å². The van der Waals surface area contributed by atoms with Crippen molar-refractivity contribution in [3.05, 3.63) is 54.1 Å². The molecule has 1 amide bonds. The van der Waals surface area contributed by atoms with Gasteiger partial charge in [0.1, 0.15) is 5.75 Å². The number of alkyl halides is 2. The van der Waals surface area contributed by atoms with Crippen molar-refractivity contribution in [3.8, 4) is 5.75 Å². The van der Waals surface area contributed by atoms with E-state index in [0.29, 0.717) is 11.3 Å². The van der Waals surface area contributed by atoms with E-state index in [1.807, 2.05) is 0 Å². The van der Waals surface area contributed by atoms with Crippen LogP contribution in [0.15, 0.2) is 53.4 Å². The van der Waals surface area contributed by atoms with E-state index in [0.717, 1.165) is 0 Å². The second-order valence-electron chi connectivity index (χ2n) is 6.05. The summed E-state index contributed by atoms with van der Waals surface area (Å²) in [6.45, 7) is 0.540. The molecule has 9 heteroatoms. The maximum absolute atomic E-state index is 12.1. The maximum Gasteiger partial charge on any atom is 0.387 e. The van der Waals surface area contributed by atoms with Crippen molar-refractivity contribution in [1.82, 2.24) is 4.72 Å². The van der Waals surface area contributed by atoms with Gasteiger partial charge in [0.25, 0.3) is 0 Å². The summed E-state index contributed by atoms with van der Waals surface area (Å²) >= 11 is 0. The summed E-state index contributed by atoms with van der Waals surface area (Å²) in [6.07, 6.45) is 0.0317. The van der Waals surface area contributed by atoms with Crippen LogP contribution in [0.1, 0.15) is 19.4 Å². The average molecular weight is 398 g/mol. The third-order valence-electron chi connectivity index (χ3n) is 3.35. The molecule has 0 heterocycles. The van der Waals surface area contributed by atoms with E-state index in [1.165, 1.54) is 48.5 Å². The molecule has 0 radical (unpaired) electrons. The quantitative estimate of drug-likeness (QED) is 0.715. The number of carbonyl (C=O) groups excluding carboxylic acids is 1. The Labute approximate surface area is 156 Å². The highest BCUT2D eigenvalue weighted by Gasteiger charge is 2.15. The molecule has 0 aliphatic rings. The van der Waals surface area contributed by atoms with Crippen LogP contribution in [0.5, 0.6) is 5.75 Å². The Morgan fingerprint density at radius 1 is 1.04 bits per heavy atom. The van der Waals surface area contributed by atoms with Crippen LogP contribution in [-0.2, 0) is 21.2 Å². The van der Waals surface area contributed by atoms with Crippen molar-refractivity contribution in [3.63, 3.8) is 0 Å². The summed E-state index contributed by atoms with van der Waals surface area (Å²) in [5.41, 5.74) is 1.07. The lowest BCUT2D eigenvalue weighted by molar-refractivity contribution is -0.115. The number of benzene rings is 2. The van der Waals surface area contributed by atoms with E-state index in [-0.39, 0.29) is 29.0 Å². The molecular weight excluding hydrogens is 378 g/mol. The summed E-state index contributed by atoms with van der Waals surface area (Å²) in [6, 6.07) is 11.3. The summed E-state index contributed by atoms with van der Waals surface area (Å²) in [7, 11) is -3.59. The number of hydrogen-bond acceptors (Lipinski definition) is 4. The van der Waals surface area contributed by atoms with Crippen molar-refractivity contribution in [2.24, 2.45) is 0 Å². The van der Waals surface area contributed by atoms with Gasteiger partial charge in [0.05, 0.1) is 11.3 Å². The second kappa shape index (κ2) is 8.92. The van der Waals surface area contributed by atoms with Crippen LogP contribution in [0.2, 0.25) is 0 Å². The fourth-order valence-corrected chi connectivity index (χ4v) is 3.53. The number of rotatable bonds is 8. The predicted octanol–water partition coefficient (Wildman–Crippen LogP) is 3.16. The smallest absolute Gasteiger partial charge is 0.387 e. The number of nitrogens with one attached hydrogen (secondary N) is 2. The standard InChI is InChI=1S/C18H20F2N2O4S/c1-12(2)22-27(24,25)16-9-5-14(6-10-16)21-17(23)11-13-3-7-15(8-4-13)26-18(19)20/h3-10,12,18,22H,11H2,1-2H3,(H,21,23). The van der Waals surface area contributed by atoms with E-state index < -0.39 is 16.6 Å². The molecule has 6 nitrogen and oxygen atoms in total. The van der Waals surface area contributed by atoms with Crippen LogP contribution >= 0.6 is 0 Å². The van der Waals surface area contributed by atoms with Crippen LogP contribution < -0.4 is 14.8 Å². The van der Waals surface area contributed by atoms with Gasteiger partial charge in [-0.05, 0) is 55.8 Å². The molecule has 2 aromatic rings. The van der Waals surface area contributed by atoms with Crippen molar-refractivity contribution < 1.29 is 26.7 Å². The lowest BCUT2D eigenvalue weighted by Crippen LogP contribution is -2.30. The van der Waals surface area contributed by atoms with Gasteiger partial charge in [-0.15, -0.1) is 0 Å². The van der Waals surface area contributed by atoms with Crippen molar-refractivity contribution in [2.45, 2.75) is 37.8 Å². The van der Waals surface area contributed by atoms with Crippen LogP contribution in [0, 0.1) is 0 Å². The molecule has 0 aliphatic heterocycles. The van der Waals surface area contributed by atoms with Gasteiger partial charge in [0.2, 0.25) is 15.9 Å². The fraction of sp³-hybridized carbons (Fsp3) is 0.278.